The molecule has 12 nitrogen and oxygen atoms in total. The van der Waals surface area contributed by atoms with Crippen LogP contribution in [0.5, 0.6) is 5.75 Å². The summed E-state index contributed by atoms with van der Waals surface area (Å²) in [5, 5.41) is 18.3. The Morgan fingerprint density at radius 1 is 0.889 bits per heavy atom. The first-order valence-corrected chi connectivity index (χ1v) is 15.6. The quantitative estimate of drug-likeness (QED) is 0.385. The maximum atomic E-state index is 13.8. The molecule has 0 radical (unpaired) electrons. The highest BCUT2D eigenvalue weighted by Crippen LogP contribution is 2.21. The van der Waals surface area contributed by atoms with E-state index in [9.17, 15) is 29.1 Å². The summed E-state index contributed by atoms with van der Waals surface area (Å²) in [5.41, 5.74) is 1.61. The molecule has 4 N–H and O–H groups in total. The minimum atomic E-state index is -0.980. The van der Waals surface area contributed by atoms with Crippen LogP contribution < -0.4 is 20.7 Å². The number of hydrogen-bond acceptors (Lipinski definition) is 7. The molecule has 45 heavy (non-hydrogen) atoms. The third-order valence-corrected chi connectivity index (χ3v) is 8.63. The van der Waals surface area contributed by atoms with Crippen molar-refractivity contribution in [2.45, 2.75) is 75.7 Å². The summed E-state index contributed by atoms with van der Waals surface area (Å²) in [6.07, 6.45) is 1.89. The van der Waals surface area contributed by atoms with Crippen molar-refractivity contribution < 1.29 is 33.8 Å². The Kier molecular flexibility index (Phi) is 10.3. The van der Waals surface area contributed by atoms with Crippen molar-refractivity contribution in [2.24, 2.45) is 0 Å². The molecule has 4 atom stereocenters. The molecule has 5 amide bonds. The number of piperidine rings is 1. The second-order valence-corrected chi connectivity index (χ2v) is 12.0. The molecule has 2 bridgehead atoms. The second-order valence-electron chi connectivity index (χ2n) is 12.0. The molecular formula is C33H41N5O7. The Bertz CT molecular complexity index is 1380. The number of benzene rings is 2. The van der Waals surface area contributed by atoms with E-state index in [1.54, 1.807) is 36.1 Å². The first kappa shape index (κ1) is 32.0. The van der Waals surface area contributed by atoms with Crippen LogP contribution in [0.1, 0.15) is 43.7 Å². The van der Waals surface area contributed by atoms with Gasteiger partial charge in [0.25, 0.3) is 5.91 Å². The number of carbonyl (C=O) groups excluding carboxylic acids is 5. The lowest BCUT2D eigenvalue weighted by atomic mass is 10.0. The molecule has 0 aliphatic carbocycles. The Labute approximate surface area is 262 Å². The average molecular weight is 620 g/mol. The number of fused-ring (bicyclic) bond motifs is 13. The number of aliphatic hydroxyl groups excluding tert-OH is 1. The van der Waals surface area contributed by atoms with Crippen LogP contribution in [0, 0.1) is 0 Å². The second kappa shape index (κ2) is 14.6. The number of aliphatic hydroxyl groups is 1. The van der Waals surface area contributed by atoms with E-state index in [0.29, 0.717) is 51.1 Å². The van der Waals surface area contributed by atoms with Gasteiger partial charge in [0.1, 0.15) is 29.9 Å². The van der Waals surface area contributed by atoms with Crippen molar-refractivity contribution >= 4 is 29.5 Å². The summed E-state index contributed by atoms with van der Waals surface area (Å²) >= 11 is 0. The molecule has 2 aromatic carbocycles. The van der Waals surface area contributed by atoms with Gasteiger partial charge in [0, 0.05) is 32.5 Å². The van der Waals surface area contributed by atoms with Crippen molar-refractivity contribution in [2.75, 3.05) is 26.2 Å². The molecule has 2 aromatic rings. The van der Waals surface area contributed by atoms with E-state index >= 15 is 0 Å². The molecule has 0 spiro atoms. The number of carbonyl (C=O) groups is 5. The lowest BCUT2D eigenvalue weighted by Crippen LogP contribution is -2.58. The molecule has 6 rings (SSSR count). The SMILES string of the molecule is C[C@@H]1NC(=O)[C@H]2CCCN2C(=O)[C@@H](Cc2ccccc2)NC(=O)COc2ccc(cc2)C[C@@H](C(=O)N2CCC(O)CC2)NC1=O. The standard InChI is InChI=1S/C33H41N5O7/c1-21-30(41)36-26(32(43)37-16-13-24(39)14-17-37)19-23-9-11-25(12-10-23)45-20-29(40)35-27(18-22-6-3-2-4-7-22)33(44)38-15-5-8-28(38)31(42)34-21/h2-4,6-7,9-12,21,24,26-28,39H,5,8,13-20H2,1H3,(H,34,42)(H,35,40)(H,36,41)/t21-,26-,27+,28+/m0/s1. The van der Waals surface area contributed by atoms with Crippen LogP contribution in [0.2, 0.25) is 0 Å². The minimum absolute atomic E-state index is 0.192. The van der Waals surface area contributed by atoms with Gasteiger partial charge >= 0.3 is 0 Å². The predicted molar refractivity (Wildman–Crippen MR) is 164 cm³/mol. The number of amides is 5. The van der Waals surface area contributed by atoms with Crippen molar-refractivity contribution in [1.82, 2.24) is 25.8 Å². The average Bonchev–Trinajstić information content (AvgIpc) is 3.54. The molecule has 0 aromatic heterocycles. The fraction of sp³-hybridized carbons (Fsp3) is 0.485. The smallest absolute Gasteiger partial charge is 0.258 e. The van der Waals surface area contributed by atoms with Crippen LogP contribution in [-0.2, 0) is 36.8 Å². The normalized spacial score (nSPS) is 25.6. The third-order valence-electron chi connectivity index (χ3n) is 8.63. The Morgan fingerprint density at radius 2 is 1.60 bits per heavy atom. The number of rotatable bonds is 3. The van der Waals surface area contributed by atoms with Gasteiger partial charge in [-0.1, -0.05) is 42.5 Å². The van der Waals surface area contributed by atoms with E-state index < -0.39 is 48.0 Å². The van der Waals surface area contributed by atoms with Gasteiger partial charge in [-0.2, -0.15) is 0 Å². The zero-order valence-corrected chi connectivity index (χ0v) is 25.4. The largest absolute Gasteiger partial charge is 0.484 e. The summed E-state index contributed by atoms with van der Waals surface area (Å²) < 4.78 is 5.72. The number of hydrogen-bond donors (Lipinski definition) is 4. The summed E-state index contributed by atoms with van der Waals surface area (Å²) in [4.78, 5) is 70.3. The molecular weight excluding hydrogens is 578 g/mol. The highest BCUT2D eigenvalue weighted by molar-refractivity contribution is 5.96. The van der Waals surface area contributed by atoms with E-state index in [1.807, 2.05) is 30.3 Å². The van der Waals surface area contributed by atoms with Crippen LogP contribution in [0.15, 0.2) is 54.6 Å². The molecule has 2 fully saturated rings. The highest BCUT2D eigenvalue weighted by Gasteiger charge is 2.39. The Balaban J connectivity index is 1.39. The van der Waals surface area contributed by atoms with Crippen molar-refractivity contribution in [3.63, 3.8) is 0 Å². The Hall–Kier alpha value is -4.45. The maximum absolute atomic E-state index is 13.8. The molecule has 4 aliphatic rings. The number of likely N-dealkylation sites (tertiary alicyclic amines) is 1. The molecule has 4 aliphatic heterocycles. The third kappa shape index (κ3) is 8.18. The van der Waals surface area contributed by atoms with Gasteiger partial charge in [-0.3, -0.25) is 24.0 Å². The van der Waals surface area contributed by atoms with Crippen molar-refractivity contribution in [1.29, 1.82) is 0 Å². The van der Waals surface area contributed by atoms with Gasteiger partial charge in [0.2, 0.25) is 23.6 Å². The lowest BCUT2D eigenvalue weighted by molar-refractivity contribution is -0.142. The summed E-state index contributed by atoms with van der Waals surface area (Å²) in [6.45, 7) is 2.31. The molecule has 0 unspecified atom stereocenters. The minimum Gasteiger partial charge on any atom is -0.484 e. The van der Waals surface area contributed by atoms with Crippen molar-refractivity contribution in [3.8, 4) is 5.75 Å². The fourth-order valence-corrected chi connectivity index (χ4v) is 6.07. The first-order valence-electron chi connectivity index (χ1n) is 15.6. The van der Waals surface area contributed by atoms with Gasteiger partial charge in [0.05, 0.1) is 6.10 Å². The zero-order valence-electron chi connectivity index (χ0n) is 25.4. The van der Waals surface area contributed by atoms with E-state index in [4.69, 9.17) is 4.74 Å². The monoisotopic (exact) mass is 619 g/mol. The summed E-state index contributed by atoms with van der Waals surface area (Å²) in [6, 6.07) is 12.6. The van der Waals surface area contributed by atoms with Gasteiger partial charge in [0.15, 0.2) is 6.61 Å². The van der Waals surface area contributed by atoms with Crippen LogP contribution in [0.3, 0.4) is 0 Å². The van der Waals surface area contributed by atoms with Gasteiger partial charge in [-0.25, -0.2) is 0 Å². The maximum Gasteiger partial charge on any atom is 0.258 e. The molecule has 2 saturated heterocycles. The molecule has 4 heterocycles. The summed E-state index contributed by atoms with van der Waals surface area (Å²) in [5.74, 6) is -1.71. The molecule has 240 valence electrons. The highest BCUT2D eigenvalue weighted by atomic mass is 16.5. The molecule has 0 saturated carbocycles. The van der Waals surface area contributed by atoms with Crippen LogP contribution in [0.25, 0.3) is 0 Å². The fourth-order valence-electron chi connectivity index (χ4n) is 6.07. The van der Waals surface area contributed by atoms with E-state index in [-0.39, 0.29) is 31.3 Å². The first-order chi connectivity index (χ1) is 21.7. The van der Waals surface area contributed by atoms with E-state index in [1.165, 1.54) is 4.90 Å². The van der Waals surface area contributed by atoms with Crippen LogP contribution >= 0.6 is 0 Å². The number of nitrogens with zero attached hydrogens (tertiary/aromatic N) is 2. The van der Waals surface area contributed by atoms with Gasteiger partial charge in [-0.05, 0) is 55.9 Å². The van der Waals surface area contributed by atoms with E-state index in [2.05, 4.69) is 16.0 Å². The number of nitrogens with one attached hydrogen (secondary N) is 3. The number of ether oxygens (including phenoxy) is 1. The van der Waals surface area contributed by atoms with Crippen LogP contribution in [0.4, 0.5) is 0 Å². The lowest BCUT2D eigenvalue weighted by Gasteiger charge is -2.33. The Morgan fingerprint density at radius 3 is 2.31 bits per heavy atom. The zero-order chi connectivity index (χ0) is 31.9. The van der Waals surface area contributed by atoms with E-state index in [0.717, 1.165) is 11.1 Å². The van der Waals surface area contributed by atoms with Gasteiger partial charge in [-0.15, -0.1) is 0 Å². The predicted octanol–water partition coefficient (Wildman–Crippen LogP) is 0.313. The van der Waals surface area contributed by atoms with Crippen LogP contribution in [-0.4, -0.2) is 101 Å². The van der Waals surface area contributed by atoms with Crippen molar-refractivity contribution in [3.05, 3.63) is 65.7 Å². The molecule has 12 heteroatoms. The topological polar surface area (TPSA) is 157 Å². The summed E-state index contributed by atoms with van der Waals surface area (Å²) in [7, 11) is 0. The van der Waals surface area contributed by atoms with Gasteiger partial charge < -0.3 is 35.6 Å².